The fourth-order valence-electron chi connectivity index (χ4n) is 4.92. The van der Waals surface area contributed by atoms with Crippen LogP contribution in [0.15, 0.2) is 75.7 Å². The molecule has 0 N–H and O–H groups in total. The van der Waals surface area contributed by atoms with E-state index in [0.717, 1.165) is 28.2 Å². The van der Waals surface area contributed by atoms with E-state index in [1.54, 1.807) is 30.5 Å². The highest BCUT2D eigenvalue weighted by molar-refractivity contribution is 7.07. The lowest BCUT2D eigenvalue weighted by Crippen LogP contribution is -2.39. The molecule has 2 aromatic carbocycles. The van der Waals surface area contributed by atoms with Gasteiger partial charge in [-0.05, 0) is 82.2 Å². The Morgan fingerprint density at radius 3 is 2.42 bits per heavy atom. The van der Waals surface area contributed by atoms with Gasteiger partial charge in [0.05, 0.1) is 28.5 Å². The Morgan fingerprint density at radius 1 is 1.08 bits per heavy atom. The maximum Gasteiger partial charge on any atom is 0.338 e. The van der Waals surface area contributed by atoms with Crippen molar-refractivity contribution in [3.8, 4) is 5.69 Å². The van der Waals surface area contributed by atoms with Crippen LogP contribution in [0.1, 0.15) is 48.0 Å². The predicted octanol–water partition coefficient (Wildman–Crippen LogP) is 5.17. The first kappa shape index (κ1) is 25.9. The van der Waals surface area contributed by atoms with E-state index in [1.807, 2.05) is 18.2 Å². The highest BCUT2D eigenvalue weighted by Crippen LogP contribution is 2.31. The smallest absolute Gasteiger partial charge is 0.338 e. The van der Waals surface area contributed by atoms with E-state index in [2.05, 4.69) is 60.7 Å². The minimum Gasteiger partial charge on any atom is -0.463 e. The molecule has 4 aromatic rings. The average molecular weight is 546 g/mol. The zero-order chi connectivity index (χ0) is 27.1. The first-order valence-electron chi connectivity index (χ1n) is 12.4. The number of aromatic nitrogens is 2. The number of hydrogen-bond acceptors (Lipinski definition) is 5. The number of hydrogen-bond donors (Lipinski definition) is 0. The van der Waals surface area contributed by atoms with Gasteiger partial charge >= 0.3 is 5.97 Å². The summed E-state index contributed by atoms with van der Waals surface area (Å²) in [6, 6.07) is 17.0. The zero-order valence-electron chi connectivity index (χ0n) is 21.9. The monoisotopic (exact) mass is 545 g/mol. The number of ether oxygens (including phenoxy) is 1. The van der Waals surface area contributed by atoms with E-state index in [0.29, 0.717) is 25.6 Å². The van der Waals surface area contributed by atoms with Crippen molar-refractivity contribution >= 4 is 35.0 Å². The van der Waals surface area contributed by atoms with Crippen molar-refractivity contribution in [2.75, 3.05) is 6.61 Å². The van der Waals surface area contributed by atoms with Crippen LogP contribution in [-0.2, 0) is 9.53 Å². The molecule has 1 aliphatic heterocycles. The third-order valence-electron chi connectivity index (χ3n) is 6.75. The largest absolute Gasteiger partial charge is 0.463 e. The number of thiazole rings is 1. The highest BCUT2D eigenvalue weighted by Gasteiger charge is 2.33. The molecule has 0 unspecified atom stereocenters. The number of benzene rings is 2. The van der Waals surface area contributed by atoms with Gasteiger partial charge in [0.25, 0.3) is 5.56 Å². The first-order chi connectivity index (χ1) is 18.2. The van der Waals surface area contributed by atoms with E-state index < -0.39 is 12.0 Å². The summed E-state index contributed by atoms with van der Waals surface area (Å²) in [5.41, 5.74) is 6.78. The molecule has 38 heavy (non-hydrogen) atoms. The van der Waals surface area contributed by atoms with Crippen LogP contribution < -0.4 is 14.9 Å². The van der Waals surface area contributed by atoms with Crippen LogP contribution in [-0.4, -0.2) is 21.7 Å². The molecule has 8 heteroatoms. The number of carbonyl (C=O) groups excluding carboxylic acids is 1. The van der Waals surface area contributed by atoms with E-state index in [1.165, 1.54) is 16.9 Å². The summed E-state index contributed by atoms with van der Waals surface area (Å²) in [6.45, 7) is 9.94. The molecular formula is C30H28ClN3O3S. The van der Waals surface area contributed by atoms with Crippen LogP contribution in [0.5, 0.6) is 0 Å². The van der Waals surface area contributed by atoms with Crippen LogP contribution in [0.3, 0.4) is 0 Å². The van der Waals surface area contributed by atoms with Crippen molar-refractivity contribution in [3.63, 3.8) is 0 Å². The molecule has 0 saturated heterocycles. The van der Waals surface area contributed by atoms with E-state index in [9.17, 15) is 9.59 Å². The quantitative estimate of drug-likeness (QED) is 0.325. The third kappa shape index (κ3) is 4.57. The number of nitrogens with zero attached hydrogens (tertiary/aromatic N) is 3. The second kappa shape index (κ2) is 10.2. The molecule has 0 fully saturated rings. The van der Waals surface area contributed by atoms with Gasteiger partial charge in [0.1, 0.15) is 0 Å². The fraction of sp³-hybridized carbons (Fsp3) is 0.233. The van der Waals surface area contributed by atoms with Gasteiger partial charge in [-0.1, -0.05) is 52.8 Å². The molecule has 2 aromatic heterocycles. The molecule has 0 spiro atoms. The molecule has 194 valence electrons. The van der Waals surface area contributed by atoms with Gasteiger partial charge < -0.3 is 9.30 Å². The normalized spacial score (nSPS) is 15.4. The van der Waals surface area contributed by atoms with Gasteiger partial charge in [0.15, 0.2) is 4.80 Å². The van der Waals surface area contributed by atoms with Gasteiger partial charge in [-0.25, -0.2) is 9.79 Å². The second-order valence-corrected chi connectivity index (χ2v) is 10.8. The van der Waals surface area contributed by atoms with Crippen molar-refractivity contribution in [2.24, 2.45) is 4.99 Å². The molecule has 0 saturated carbocycles. The Morgan fingerprint density at radius 2 is 1.76 bits per heavy atom. The summed E-state index contributed by atoms with van der Waals surface area (Å²) in [6.07, 6.45) is 1.92. The Balaban J connectivity index is 1.68. The molecule has 6 nitrogen and oxygen atoms in total. The Bertz CT molecular complexity index is 1760. The van der Waals surface area contributed by atoms with Crippen molar-refractivity contribution in [2.45, 2.75) is 40.7 Å². The summed E-state index contributed by atoms with van der Waals surface area (Å²) in [4.78, 5) is 32.1. The molecular weight excluding hydrogens is 518 g/mol. The number of allylic oxidation sites excluding steroid dienone is 1. The highest BCUT2D eigenvalue weighted by atomic mass is 35.5. The molecule has 0 bridgehead atoms. The van der Waals surface area contributed by atoms with Gasteiger partial charge in [-0.2, -0.15) is 0 Å². The Hall–Kier alpha value is -3.68. The molecule has 0 radical (unpaired) electrons. The lowest BCUT2D eigenvalue weighted by molar-refractivity contribution is -0.139. The van der Waals surface area contributed by atoms with Crippen LogP contribution in [0.25, 0.3) is 11.8 Å². The maximum atomic E-state index is 13.9. The Labute approximate surface area is 229 Å². The first-order valence-corrected chi connectivity index (χ1v) is 13.6. The van der Waals surface area contributed by atoms with E-state index in [-0.39, 0.29) is 12.2 Å². The molecule has 0 aliphatic carbocycles. The van der Waals surface area contributed by atoms with Crippen LogP contribution in [0, 0.1) is 20.8 Å². The minimum absolute atomic E-state index is 0.205. The van der Waals surface area contributed by atoms with Crippen molar-refractivity contribution in [1.82, 2.24) is 9.13 Å². The molecule has 3 heterocycles. The zero-order valence-corrected chi connectivity index (χ0v) is 23.5. The van der Waals surface area contributed by atoms with Gasteiger partial charge in [0.2, 0.25) is 0 Å². The maximum absolute atomic E-state index is 13.9. The van der Waals surface area contributed by atoms with Gasteiger partial charge in [-0.15, -0.1) is 0 Å². The van der Waals surface area contributed by atoms with E-state index >= 15 is 0 Å². The molecule has 0 amide bonds. The predicted molar refractivity (Wildman–Crippen MR) is 152 cm³/mol. The fourth-order valence-corrected chi connectivity index (χ4v) is 6.08. The third-order valence-corrected chi connectivity index (χ3v) is 7.99. The summed E-state index contributed by atoms with van der Waals surface area (Å²) in [5.74, 6) is -0.482. The van der Waals surface area contributed by atoms with Gasteiger partial charge in [-0.3, -0.25) is 9.36 Å². The summed E-state index contributed by atoms with van der Waals surface area (Å²) in [7, 11) is 0. The standard InChI is InChI=1S/C30H28ClN3O3S/c1-6-37-29(36)26-19(4)32-30-34(27(26)21-9-11-23(31)12-10-21)28(35)25(38-30)16-22-15-18(3)33(20(22)5)24-13-7-17(2)8-14-24/h7-16,27H,6H2,1-5H3/t27-/m0/s1. The molecule has 1 aliphatic rings. The van der Waals surface area contributed by atoms with Crippen molar-refractivity contribution < 1.29 is 9.53 Å². The minimum atomic E-state index is -0.662. The topological polar surface area (TPSA) is 65.6 Å². The number of carbonyl (C=O) groups is 1. The van der Waals surface area contributed by atoms with E-state index in [4.69, 9.17) is 16.3 Å². The second-order valence-electron chi connectivity index (χ2n) is 9.35. The summed E-state index contributed by atoms with van der Waals surface area (Å²) >= 11 is 7.46. The summed E-state index contributed by atoms with van der Waals surface area (Å²) in [5, 5.41) is 0.573. The molecule has 5 rings (SSSR count). The van der Waals surface area contributed by atoms with Crippen molar-refractivity contribution in [1.29, 1.82) is 0 Å². The van der Waals surface area contributed by atoms with Crippen LogP contribution in [0.2, 0.25) is 5.02 Å². The lowest BCUT2D eigenvalue weighted by Gasteiger charge is -2.24. The SMILES string of the molecule is CCOC(=O)C1=C(C)N=c2sc(=Cc3cc(C)n(-c4ccc(C)cc4)c3C)c(=O)n2[C@H]1c1ccc(Cl)cc1. The molecule has 1 atom stereocenters. The number of aryl methyl sites for hydroxylation is 2. The Kier molecular flexibility index (Phi) is 6.99. The summed E-state index contributed by atoms with van der Waals surface area (Å²) < 4.78 is 9.68. The van der Waals surface area contributed by atoms with Crippen molar-refractivity contribution in [3.05, 3.63) is 119 Å². The van der Waals surface area contributed by atoms with Crippen LogP contribution in [0.4, 0.5) is 0 Å². The number of halogens is 1. The lowest BCUT2D eigenvalue weighted by atomic mass is 9.96. The average Bonchev–Trinajstić information content (AvgIpc) is 3.34. The number of fused-ring (bicyclic) bond motifs is 1. The number of rotatable bonds is 5. The van der Waals surface area contributed by atoms with Crippen LogP contribution >= 0.6 is 22.9 Å². The van der Waals surface area contributed by atoms with Gasteiger partial charge in [0, 0.05) is 22.1 Å². The number of esters is 1.